The van der Waals surface area contributed by atoms with Crippen LogP contribution in [0.15, 0.2) is 24.3 Å². The Bertz CT molecular complexity index is 412. The molecule has 18 heavy (non-hydrogen) atoms. The largest absolute Gasteiger partial charge is 0.465 e. The number of rotatable bonds is 6. The monoisotopic (exact) mass is 252 g/mol. The second-order valence-corrected chi connectivity index (χ2v) is 3.98. The Morgan fingerprint density at radius 3 is 2.33 bits per heavy atom. The molecule has 0 bridgehead atoms. The van der Waals surface area contributed by atoms with Crippen molar-refractivity contribution in [1.29, 1.82) is 0 Å². The highest BCUT2D eigenvalue weighted by molar-refractivity contribution is 5.99. The minimum atomic E-state index is -0.727. The number of Topliss-reactive ketones (excluding diaryl/α,β-unsaturated/α-hetero) is 1. The molecule has 1 aromatic rings. The minimum absolute atomic E-state index is 0.123. The van der Waals surface area contributed by atoms with Crippen molar-refractivity contribution in [2.24, 2.45) is 5.92 Å². The summed E-state index contributed by atoms with van der Waals surface area (Å²) < 4.78 is 17.6. The number of hydrogen-bond acceptors (Lipinski definition) is 3. The van der Waals surface area contributed by atoms with Crippen LogP contribution in [0.25, 0.3) is 0 Å². The van der Waals surface area contributed by atoms with E-state index >= 15 is 0 Å². The molecule has 1 atom stereocenters. The Balaban J connectivity index is 2.67. The maximum absolute atomic E-state index is 12.7. The summed E-state index contributed by atoms with van der Waals surface area (Å²) in [4.78, 5) is 23.5. The van der Waals surface area contributed by atoms with Crippen LogP contribution in [0.1, 0.15) is 25.8 Å². The quantitative estimate of drug-likeness (QED) is 0.577. The Hall–Kier alpha value is -1.71. The van der Waals surface area contributed by atoms with Gasteiger partial charge < -0.3 is 4.74 Å². The van der Waals surface area contributed by atoms with E-state index in [0.717, 1.165) is 0 Å². The highest BCUT2D eigenvalue weighted by Crippen LogP contribution is 2.12. The van der Waals surface area contributed by atoms with Gasteiger partial charge in [-0.15, -0.1) is 0 Å². The Morgan fingerprint density at radius 2 is 1.83 bits per heavy atom. The average Bonchev–Trinajstić information content (AvgIpc) is 2.33. The van der Waals surface area contributed by atoms with Gasteiger partial charge in [0.15, 0.2) is 5.78 Å². The third kappa shape index (κ3) is 3.95. The van der Waals surface area contributed by atoms with Crippen LogP contribution < -0.4 is 0 Å². The van der Waals surface area contributed by atoms with Crippen molar-refractivity contribution in [3.05, 3.63) is 35.6 Å². The van der Waals surface area contributed by atoms with Crippen molar-refractivity contribution < 1.29 is 18.7 Å². The zero-order valence-corrected chi connectivity index (χ0v) is 10.6. The average molecular weight is 252 g/mol. The van der Waals surface area contributed by atoms with E-state index in [1.165, 1.54) is 12.1 Å². The van der Waals surface area contributed by atoms with Gasteiger partial charge in [0, 0.05) is 6.42 Å². The number of ether oxygens (including phenoxy) is 1. The molecule has 0 spiro atoms. The first-order valence-electron chi connectivity index (χ1n) is 6.02. The van der Waals surface area contributed by atoms with Gasteiger partial charge in [0.25, 0.3) is 0 Å². The van der Waals surface area contributed by atoms with Crippen molar-refractivity contribution in [3.63, 3.8) is 0 Å². The van der Waals surface area contributed by atoms with E-state index in [9.17, 15) is 14.0 Å². The number of benzene rings is 1. The molecule has 1 aromatic carbocycles. The Labute approximate surface area is 106 Å². The molecule has 0 aliphatic rings. The number of carbonyl (C=O) groups excluding carboxylic acids is 2. The van der Waals surface area contributed by atoms with E-state index in [-0.39, 0.29) is 24.6 Å². The smallest absolute Gasteiger partial charge is 0.316 e. The van der Waals surface area contributed by atoms with Crippen LogP contribution >= 0.6 is 0 Å². The van der Waals surface area contributed by atoms with E-state index in [4.69, 9.17) is 4.74 Å². The lowest BCUT2D eigenvalue weighted by atomic mass is 9.96. The topological polar surface area (TPSA) is 43.4 Å². The molecule has 0 heterocycles. The molecule has 1 rings (SSSR count). The normalized spacial score (nSPS) is 11.9. The van der Waals surface area contributed by atoms with Crippen LogP contribution in [0.2, 0.25) is 0 Å². The molecule has 0 amide bonds. The predicted octanol–water partition coefficient (Wildman–Crippen LogP) is 2.53. The fraction of sp³-hybridized carbons (Fsp3) is 0.429. The summed E-state index contributed by atoms with van der Waals surface area (Å²) in [5.74, 6) is -1.74. The predicted molar refractivity (Wildman–Crippen MR) is 65.5 cm³/mol. The SMILES string of the molecule is CCOC(=O)C(CC)C(=O)Cc1ccc(F)cc1. The molecular formula is C14H17FO3. The molecular weight excluding hydrogens is 235 g/mol. The molecule has 0 radical (unpaired) electrons. The summed E-state index contributed by atoms with van der Waals surface area (Å²) in [6.45, 7) is 3.73. The maximum atomic E-state index is 12.7. The first-order valence-corrected chi connectivity index (χ1v) is 6.02. The van der Waals surface area contributed by atoms with Crippen LogP contribution in [0.4, 0.5) is 4.39 Å². The third-order valence-electron chi connectivity index (χ3n) is 2.66. The summed E-state index contributed by atoms with van der Waals surface area (Å²) in [5.41, 5.74) is 0.698. The zero-order valence-electron chi connectivity index (χ0n) is 10.6. The summed E-state index contributed by atoms with van der Waals surface area (Å²) in [6, 6.07) is 5.69. The van der Waals surface area contributed by atoms with Gasteiger partial charge in [0.2, 0.25) is 0 Å². The van der Waals surface area contributed by atoms with Crippen molar-refractivity contribution >= 4 is 11.8 Å². The zero-order chi connectivity index (χ0) is 13.5. The fourth-order valence-electron chi connectivity index (χ4n) is 1.70. The number of hydrogen-bond donors (Lipinski definition) is 0. The molecule has 0 saturated carbocycles. The maximum Gasteiger partial charge on any atom is 0.316 e. The summed E-state index contributed by atoms with van der Waals surface area (Å²) >= 11 is 0. The van der Waals surface area contributed by atoms with Gasteiger partial charge in [0.1, 0.15) is 11.7 Å². The van der Waals surface area contributed by atoms with Crippen molar-refractivity contribution in [1.82, 2.24) is 0 Å². The summed E-state index contributed by atoms with van der Waals surface area (Å²) in [7, 11) is 0. The Morgan fingerprint density at radius 1 is 1.22 bits per heavy atom. The van der Waals surface area contributed by atoms with E-state index in [1.54, 1.807) is 26.0 Å². The van der Waals surface area contributed by atoms with Gasteiger partial charge in [-0.2, -0.15) is 0 Å². The third-order valence-corrected chi connectivity index (χ3v) is 2.66. The first kappa shape index (κ1) is 14.4. The summed E-state index contributed by atoms with van der Waals surface area (Å²) in [6.07, 6.45) is 0.538. The van der Waals surface area contributed by atoms with E-state index < -0.39 is 11.9 Å². The molecule has 0 fully saturated rings. The van der Waals surface area contributed by atoms with Crippen molar-refractivity contribution in [3.8, 4) is 0 Å². The lowest BCUT2D eigenvalue weighted by Gasteiger charge is -2.12. The van der Waals surface area contributed by atoms with E-state index in [0.29, 0.717) is 12.0 Å². The molecule has 4 heteroatoms. The molecule has 0 saturated heterocycles. The van der Waals surface area contributed by atoms with E-state index in [1.807, 2.05) is 0 Å². The lowest BCUT2D eigenvalue weighted by Crippen LogP contribution is -2.27. The lowest BCUT2D eigenvalue weighted by molar-refractivity contribution is -0.151. The van der Waals surface area contributed by atoms with Gasteiger partial charge in [-0.05, 0) is 31.0 Å². The second-order valence-electron chi connectivity index (χ2n) is 3.98. The van der Waals surface area contributed by atoms with Gasteiger partial charge in [0.05, 0.1) is 6.61 Å². The minimum Gasteiger partial charge on any atom is -0.465 e. The summed E-state index contributed by atoms with van der Waals surface area (Å²) in [5, 5.41) is 0. The molecule has 3 nitrogen and oxygen atoms in total. The molecule has 98 valence electrons. The standard InChI is InChI=1S/C14H17FO3/c1-3-12(14(17)18-4-2)13(16)9-10-5-7-11(15)8-6-10/h5-8,12H,3-4,9H2,1-2H3. The van der Waals surface area contributed by atoms with Crippen LogP contribution in [0.5, 0.6) is 0 Å². The van der Waals surface area contributed by atoms with Crippen LogP contribution in [0, 0.1) is 11.7 Å². The second kappa shape index (κ2) is 6.89. The van der Waals surface area contributed by atoms with Gasteiger partial charge in [-0.25, -0.2) is 4.39 Å². The molecule has 1 unspecified atom stereocenters. The molecule has 0 aliphatic heterocycles. The number of esters is 1. The van der Waals surface area contributed by atoms with E-state index in [2.05, 4.69) is 0 Å². The highest BCUT2D eigenvalue weighted by Gasteiger charge is 2.25. The van der Waals surface area contributed by atoms with Crippen LogP contribution in [-0.4, -0.2) is 18.4 Å². The van der Waals surface area contributed by atoms with Crippen molar-refractivity contribution in [2.45, 2.75) is 26.7 Å². The van der Waals surface area contributed by atoms with Gasteiger partial charge >= 0.3 is 5.97 Å². The number of ketones is 1. The highest BCUT2D eigenvalue weighted by atomic mass is 19.1. The van der Waals surface area contributed by atoms with Gasteiger partial charge in [-0.3, -0.25) is 9.59 Å². The first-order chi connectivity index (χ1) is 8.58. The fourth-order valence-corrected chi connectivity index (χ4v) is 1.70. The molecule has 0 aliphatic carbocycles. The Kier molecular flexibility index (Phi) is 5.49. The molecule has 0 aromatic heterocycles. The van der Waals surface area contributed by atoms with Gasteiger partial charge in [-0.1, -0.05) is 19.1 Å². The van der Waals surface area contributed by atoms with Crippen molar-refractivity contribution in [2.75, 3.05) is 6.61 Å². The molecule has 0 N–H and O–H groups in total. The van der Waals surface area contributed by atoms with Crippen LogP contribution in [-0.2, 0) is 20.7 Å². The number of carbonyl (C=O) groups is 2. The van der Waals surface area contributed by atoms with Crippen LogP contribution in [0.3, 0.4) is 0 Å². The number of halogens is 1.